The molecule has 12 heavy (non-hydrogen) atoms. The van der Waals surface area contributed by atoms with Crippen LogP contribution in [0.3, 0.4) is 0 Å². The summed E-state index contributed by atoms with van der Waals surface area (Å²) < 4.78 is 0. The van der Waals surface area contributed by atoms with Crippen molar-refractivity contribution in [3.05, 3.63) is 40.3 Å². The van der Waals surface area contributed by atoms with Crippen molar-refractivity contribution in [1.29, 1.82) is 5.41 Å². The van der Waals surface area contributed by atoms with Gasteiger partial charge in [-0.3, -0.25) is 0 Å². The lowest BCUT2D eigenvalue weighted by Crippen LogP contribution is -1.81. The first-order valence-electron chi connectivity index (χ1n) is 3.19. The normalized spacial score (nSPS) is 8.33. The Bertz CT molecular complexity index is 313. The molecule has 0 aromatic heterocycles. The molecule has 0 heterocycles. The van der Waals surface area contributed by atoms with Gasteiger partial charge in [0.15, 0.2) is 0 Å². The minimum atomic E-state index is 0.457. The van der Waals surface area contributed by atoms with Crippen LogP contribution in [0.5, 0.6) is 5.75 Å². The summed E-state index contributed by atoms with van der Waals surface area (Å²) in [5.41, 5.74) is 8.69. The van der Waals surface area contributed by atoms with E-state index in [2.05, 4.69) is 15.0 Å². The predicted octanol–water partition coefficient (Wildman–Crippen LogP) is 2.29. The first-order valence-corrected chi connectivity index (χ1v) is 3.19. The van der Waals surface area contributed by atoms with Crippen LogP contribution in [0.4, 0.5) is 0 Å². The van der Waals surface area contributed by atoms with E-state index in [1.165, 1.54) is 6.21 Å². The van der Waals surface area contributed by atoms with Gasteiger partial charge in [-0.05, 0) is 35.4 Å². The Hall–Kier alpha value is -2.00. The summed E-state index contributed by atoms with van der Waals surface area (Å²) in [6.45, 7) is 0. The third-order valence-corrected chi connectivity index (χ3v) is 1.23. The fraction of sp³-hybridized carbons (Fsp3) is 0. The van der Waals surface area contributed by atoms with Crippen LogP contribution in [0.1, 0.15) is 5.56 Å². The maximum absolute atomic E-state index is 7.93. The lowest BCUT2D eigenvalue weighted by Gasteiger charge is -1.96. The summed E-state index contributed by atoms with van der Waals surface area (Å²) in [5.74, 6) is 0.457. The second-order valence-corrected chi connectivity index (χ2v) is 1.98. The highest BCUT2D eigenvalue weighted by Crippen LogP contribution is 2.10. The SMILES string of the molecule is [N-]=[N+]=NOc1ccc(C=N)cc1. The summed E-state index contributed by atoms with van der Waals surface area (Å²) in [5, 5.41) is 9.83. The van der Waals surface area contributed by atoms with Crippen molar-refractivity contribution in [2.24, 2.45) is 5.28 Å². The van der Waals surface area contributed by atoms with Crippen LogP contribution in [-0.2, 0) is 0 Å². The zero-order chi connectivity index (χ0) is 8.81. The van der Waals surface area contributed by atoms with Crippen LogP contribution in [0.2, 0.25) is 0 Å². The van der Waals surface area contributed by atoms with E-state index in [0.29, 0.717) is 5.75 Å². The number of nitrogens with zero attached hydrogens (tertiary/aromatic N) is 3. The average molecular weight is 162 g/mol. The molecular weight excluding hydrogens is 156 g/mol. The molecule has 0 aliphatic carbocycles. The summed E-state index contributed by atoms with van der Waals surface area (Å²) in [6.07, 6.45) is 1.22. The van der Waals surface area contributed by atoms with Crippen LogP contribution < -0.4 is 4.84 Å². The van der Waals surface area contributed by atoms with Gasteiger partial charge in [0, 0.05) is 11.1 Å². The molecule has 1 aromatic carbocycles. The van der Waals surface area contributed by atoms with Gasteiger partial charge in [-0.1, -0.05) is 0 Å². The van der Waals surface area contributed by atoms with E-state index in [-0.39, 0.29) is 0 Å². The quantitative estimate of drug-likeness (QED) is 0.239. The zero-order valence-corrected chi connectivity index (χ0v) is 6.14. The molecule has 0 unspecified atom stereocenters. The van der Waals surface area contributed by atoms with E-state index in [0.717, 1.165) is 5.56 Å². The lowest BCUT2D eigenvalue weighted by atomic mass is 10.2. The summed E-state index contributed by atoms with van der Waals surface area (Å²) in [4.78, 5) is 7.02. The molecule has 0 saturated carbocycles. The van der Waals surface area contributed by atoms with Crippen molar-refractivity contribution in [3.63, 3.8) is 0 Å². The monoisotopic (exact) mass is 162 g/mol. The molecular formula is C7H6N4O. The summed E-state index contributed by atoms with van der Waals surface area (Å²) in [7, 11) is 0. The maximum Gasteiger partial charge on any atom is 0.136 e. The van der Waals surface area contributed by atoms with Gasteiger partial charge in [-0.15, -0.1) is 0 Å². The second-order valence-electron chi connectivity index (χ2n) is 1.98. The molecule has 0 amide bonds. The Kier molecular flexibility index (Phi) is 2.70. The summed E-state index contributed by atoms with van der Waals surface area (Å²) >= 11 is 0. The average Bonchev–Trinajstić information content (AvgIpc) is 2.15. The largest absolute Gasteiger partial charge is 0.394 e. The van der Waals surface area contributed by atoms with Crippen LogP contribution in [0.15, 0.2) is 29.5 Å². The highest BCUT2D eigenvalue weighted by Gasteiger charge is 1.90. The second kappa shape index (κ2) is 4.00. The fourth-order valence-corrected chi connectivity index (χ4v) is 0.690. The Morgan fingerprint density at radius 3 is 2.58 bits per heavy atom. The Morgan fingerprint density at radius 2 is 2.08 bits per heavy atom. The molecule has 0 bridgehead atoms. The highest BCUT2D eigenvalue weighted by molar-refractivity contribution is 5.76. The van der Waals surface area contributed by atoms with Crippen LogP contribution in [-0.4, -0.2) is 6.21 Å². The van der Waals surface area contributed by atoms with E-state index in [4.69, 9.17) is 10.9 Å². The lowest BCUT2D eigenvalue weighted by molar-refractivity contribution is 0.333. The Balaban J connectivity index is 2.77. The number of azide groups is 1. The number of hydrogen-bond acceptors (Lipinski definition) is 3. The number of nitrogens with one attached hydrogen (secondary N) is 1. The molecule has 0 radical (unpaired) electrons. The van der Waals surface area contributed by atoms with Gasteiger partial charge in [0.2, 0.25) is 0 Å². The molecule has 60 valence electrons. The van der Waals surface area contributed by atoms with E-state index in [1.807, 2.05) is 0 Å². The van der Waals surface area contributed by atoms with Crippen molar-refractivity contribution in [1.82, 2.24) is 0 Å². The Morgan fingerprint density at radius 1 is 1.42 bits per heavy atom. The van der Waals surface area contributed by atoms with Gasteiger partial charge in [0.1, 0.15) is 11.0 Å². The number of rotatable bonds is 3. The standard InChI is InChI=1S/C7H6N4O/c8-5-6-1-3-7(4-2-6)12-11-10-9/h1-5,8H. The minimum absolute atomic E-state index is 0.457. The molecule has 0 fully saturated rings. The zero-order valence-electron chi connectivity index (χ0n) is 6.14. The molecule has 0 saturated heterocycles. The maximum atomic E-state index is 7.93. The van der Waals surface area contributed by atoms with Crippen molar-refractivity contribution >= 4 is 6.21 Å². The number of benzene rings is 1. The van der Waals surface area contributed by atoms with E-state index >= 15 is 0 Å². The third-order valence-electron chi connectivity index (χ3n) is 1.23. The van der Waals surface area contributed by atoms with Crippen molar-refractivity contribution in [3.8, 4) is 5.75 Å². The van der Waals surface area contributed by atoms with Gasteiger partial charge >= 0.3 is 0 Å². The molecule has 1 N–H and O–H groups in total. The highest BCUT2D eigenvalue weighted by atomic mass is 16.6. The van der Waals surface area contributed by atoms with Gasteiger partial charge in [-0.25, -0.2) is 0 Å². The van der Waals surface area contributed by atoms with E-state index in [1.54, 1.807) is 24.3 Å². The first-order chi connectivity index (χ1) is 5.86. The molecule has 5 heteroatoms. The molecule has 5 nitrogen and oxygen atoms in total. The van der Waals surface area contributed by atoms with Crippen LogP contribution >= 0.6 is 0 Å². The predicted molar refractivity (Wildman–Crippen MR) is 44.1 cm³/mol. The van der Waals surface area contributed by atoms with Gasteiger partial charge < -0.3 is 10.2 Å². The van der Waals surface area contributed by atoms with E-state index < -0.39 is 0 Å². The smallest absolute Gasteiger partial charge is 0.136 e. The first kappa shape index (κ1) is 8.10. The van der Waals surface area contributed by atoms with Crippen molar-refractivity contribution in [2.75, 3.05) is 0 Å². The minimum Gasteiger partial charge on any atom is -0.394 e. The van der Waals surface area contributed by atoms with Crippen molar-refractivity contribution < 1.29 is 4.84 Å². The van der Waals surface area contributed by atoms with Crippen LogP contribution in [0.25, 0.3) is 10.4 Å². The van der Waals surface area contributed by atoms with Crippen LogP contribution in [0, 0.1) is 5.41 Å². The van der Waals surface area contributed by atoms with Gasteiger partial charge in [-0.2, -0.15) is 0 Å². The van der Waals surface area contributed by atoms with Crippen molar-refractivity contribution in [2.45, 2.75) is 0 Å². The summed E-state index contributed by atoms with van der Waals surface area (Å²) in [6, 6.07) is 6.62. The van der Waals surface area contributed by atoms with E-state index in [9.17, 15) is 0 Å². The molecule has 1 rings (SSSR count). The molecule has 0 aliphatic rings. The molecule has 0 aliphatic heterocycles. The molecule has 0 spiro atoms. The fourth-order valence-electron chi connectivity index (χ4n) is 0.690. The molecule has 1 aromatic rings. The molecule has 0 atom stereocenters. The van der Waals surface area contributed by atoms with Gasteiger partial charge in [0.25, 0.3) is 0 Å². The topological polar surface area (TPSA) is 81.8 Å². The van der Waals surface area contributed by atoms with Gasteiger partial charge in [0.05, 0.1) is 0 Å². The third kappa shape index (κ3) is 2.00. The Labute approximate surface area is 68.7 Å². The number of hydrogen-bond donors (Lipinski definition) is 1.